The molecule has 0 N–H and O–H groups in total. The van der Waals surface area contributed by atoms with Crippen molar-refractivity contribution in [1.82, 2.24) is 9.97 Å². The molecule has 5 heteroatoms. The highest BCUT2D eigenvalue weighted by Gasteiger charge is 2.47. The summed E-state index contributed by atoms with van der Waals surface area (Å²) in [5.41, 5.74) is 35.2. The van der Waals surface area contributed by atoms with Gasteiger partial charge in [0.15, 0.2) is 0 Å². The zero-order valence-corrected chi connectivity index (χ0v) is 76.0. The highest BCUT2D eigenvalue weighted by Crippen LogP contribution is 2.61. The van der Waals surface area contributed by atoms with Crippen molar-refractivity contribution in [2.75, 3.05) is 14.7 Å². The third kappa shape index (κ3) is 18.0. The van der Waals surface area contributed by atoms with Crippen LogP contribution in [0.2, 0.25) is 0 Å². The molecule has 0 atom stereocenters. The van der Waals surface area contributed by atoms with Crippen LogP contribution in [0, 0.1) is 0 Å². The van der Waals surface area contributed by atoms with Crippen molar-refractivity contribution < 1.29 is 0 Å². The van der Waals surface area contributed by atoms with Crippen molar-refractivity contribution in [2.45, 2.75) is 250 Å². The molecule has 0 saturated carbocycles. The quantitative estimate of drug-likeness (QED) is 0.0281. The first-order valence-corrected chi connectivity index (χ1v) is 48.8. The zero-order chi connectivity index (χ0) is 86.1. The monoisotopic (exact) mass is 1650 g/mol. The third-order valence-corrected chi connectivity index (χ3v) is 28.4. The van der Waals surface area contributed by atoms with Gasteiger partial charge in [-0.25, -0.2) is 9.97 Å². The van der Waals surface area contributed by atoms with Crippen molar-refractivity contribution in [3.05, 3.63) is 354 Å². The lowest BCUT2D eigenvalue weighted by atomic mass is 9.70. The van der Waals surface area contributed by atoms with Crippen LogP contribution in [0.5, 0.6) is 0 Å². The Balaban J connectivity index is 0.867. The van der Waals surface area contributed by atoms with E-state index in [0.29, 0.717) is 0 Å². The van der Waals surface area contributed by atoms with Crippen LogP contribution >= 0.6 is 0 Å². The minimum atomic E-state index is -0.251. The standard InChI is InChI=1S/C121H131N5/c1-7-13-19-43-77-119(78-44-20-14-8-2)109-83-91(62-61-90-63-68-100(69-64-90)124(94-49-31-25-32-50-94)95-51-33-26-34-52-95)65-72-107(109)108-88-115-116(89-114(108)119)123-118(93-67-74-104-106-76-71-102(126(98-57-39-29-40-58-98)99-59-41-30-42-60-99)87-113(106)121(111(104)85-93,81-47-23-17-11-5)82-48-24-18-12-6)117(122-115)92-66-73-103-105-75-70-101(125(96-53-35-27-36-54-96)97-55-37-28-38-56-97)86-112(105)120(110(103)84-92,79-45-21-15-9-3)80-46-22-16-10-4/h25-42,49-76,83-89H,7-24,43-48,77-82H2,1-6H3/b62-61+. The third-order valence-electron chi connectivity index (χ3n) is 28.4. The normalized spacial score (nSPS) is 13.5. The molecule has 17 rings (SSSR count). The van der Waals surface area contributed by atoms with E-state index < -0.39 is 0 Å². The summed E-state index contributed by atoms with van der Waals surface area (Å²) in [5.74, 6) is 0. The number of fused-ring (bicyclic) bond motifs is 10. The minimum absolute atomic E-state index is 0.222. The molecule has 640 valence electrons. The summed E-state index contributed by atoms with van der Waals surface area (Å²) in [6.07, 6.45) is 40.0. The van der Waals surface area contributed by atoms with E-state index in [-0.39, 0.29) is 16.2 Å². The van der Waals surface area contributed by atoms with Crippen LogP contribution in [0.1, 0.15) is 279 Å². The maximum Gasteiger partial charge on any atom is 0.0973 e. The van der Waals surface area contributed by atoms with Gasteiger partial charge >= 0.3 is 0 Å². The Labute approximate surface area is 754 Å². The molecular weight excluding hydrogens is 1520 g/mol. The molecule has 0 bridgehead atoms. The van der Waals surface area contributed by atoms with E-state index in [9.17, 15) is 0 Å². The molecule has 13 aromatic carbocycles. The Morgan fingerprint density at radius 1 is 0.206 bits per heavy atom. The van der Waals surface area contributed by atoms with Gasteiger partial charge in [0.1, 0.15) is 0 Å². The molecule has 0 amide bonds. The van der Waals surface area contributed by atoms with E-state index in [2.05, 4.69) is 378 Å². The molecule has 5 nitrogen and oxygen atoms in total. The van der Waals surface area contributed by atoms with Crippen LogP contribution in [0.15, 0.2) is 309 Å². The fraction of sp³-hybridized carbons (Fsp3) is 0.322. The summed E-state index contributed by atoms with van der Waals surface area (Å²) in [6, 6.07) is 118. The van der Waals surface area contributed by atoms with Crippen LogP contribution < -0.4 is 14.7 Å². The first-order chi connectivity index (χ1) is 62.2. The Morgan fingerprint density at radius 2 is 0.452 bits per heavy atom. The number of para-hydroxylation sites is 6. The summed E-state index contributed by atoms with van der Waals surface area (Å²) in [7, 11) is 0. The zero-order valence-electron chi connectivity index (χ0n) is 76.0. The van der Waals surface area contributed by atoms with Crippen molar-refractivity contribution in [3.8, 4) is 55.9 Å². The average Bonchev–Trinajstić information content (AvgIpc) is 1.60. The van der Waals surface area contributed by atoms with Crippen molar-refractivity contribution in [2.24, 2.45) is 0 Å². The summed E-state index contributed by atoms with van der Waals surface area (Å²) in [6.45, 7) is 14.2. The summed E-state index contributed by atoms with van der Waals surface area (Å²) in [4.78, 5) is 20.0. The molecule has 0 radical (unpaired) electrons. The first kappa shape index (κ1) is 86.5. The van der Waals surface area contributed by atoms with Gasteiger partial charge < -0.3 is 14.7 Å². The number of hydrogen-bond acceptors (Lipinski definition) is 5. The fourth-order valence-corrected chi connectivity index (χ4v) is 21.9. The molecule has 1 aromatic heterocycles. The highest BCUT2D eigenvalue weighted by molar-refractivity contribution is 5.97. The van der Waals surface area contributed by atoms with Crippen molar-refractivity contribution in [1.29, 1.82) is 0 Å². The predicted octanol–water partition coefficient (Wildman–Crippen LogP) is 36.2. The number of unbranched alkanes of at least 4 members (excludes halogenated alkanes) is 18. The smallest absolute Gasteiger partial charge is 0.0973 e. The Hall–Kier alpha value is -11.7. The number of rotatable bonds is 43. The van der Waals surface area contributed by atoms with Crippen LogP contribution in [0.25, 0.3) is 79.1 Å². The molecule has 126 heavy (non-hydrogen) atoms. The van der Waals surface area contributed by atoms with Crippen LogP contribution in [0.4, 0.5) is 51.2 Å². The second-order valence-corrected chi connectivity index (χ2v) is 36.6. The van der Waals surface area contributed by atoms with E-state index in [1.165, 1.54) is 218 Å². The second kappa shape index (κ2) is 40.8. The number of benzene rings is 13. The van der Waals surface area contributed by atoms with Crippen molar-refractivity contribution in [3.63, 3.8) is 0 Å². The summed E-state index contributed by atoms with van der Waals surface area (Å²) in [5, 5.41) is 0. The Bertz CT molecular complexity index is 5800. The summed E-state index contributed by atoms with van der Waals surface area (Å²) < 4.78 is 0. The van der Waals surface area contributed by atoms with Crippen molar-refractivity contribution >= 4 is 74.4 Å². The largest absolute Gasteiger partial charge is 0.311 e. The number of anilines is 9. The van der Waals surface area contributed by atoms with Gasteiger partial charge in [-0.15, -0.1) is 0 Å². The van der Waals surface area contributed by atoms with Gasteiger partial charge in [-0.05, 0) is 250 Å². The molecular formula is C121H131N5. The van der Waals surface area contributed by atoms with Crippen LogP contribution in [0.3, 0.4) is 0 Å². The average molecular weight is 1660 g/mol. The van der Waals surface area contributed by atoms with E-state index in [1.54, 1.807) is 0 Å². The van der Waals surface area contributed by atoms with Gasteiger partial charge in [0, 0.05) is 78.6 Å². The highest BCUT2D eigenvalue weighted by atomic mass is 15.2. The summed E-state index contributed by atoms with van der Waals surface area (Å²) >= 11 is 0. The molecule has 0 unspecified atom stereocenters. The lowest BCUT2D eigenvalue weighted by Gasteiger charge is -2.34. The van der Waals surface area contributed by atoms with E-state index in [1.807, 2.05) is 0 Å². The van der Waals surface area contributed by atoms with E-state index >= 15 is 0 Å². The number of hydrogen-bond donors (Lipinski definition) is 0. The second-order valence-electron chi connectivity index (χ2n) is 36.6. The van der Waals surface area contributed by atoms with Gasteiger partial charge in [-0.2, -0.15) is 0 Å². The molecule has 1 heterocycles. The lowest BCUT2D eigenvalue weighted by Crippen LogP contribution is -2.26. The molecule has 0 fully saturated rings. The molecule has 0 aliphatic heterocycles. The molecule has 0 spiro atoms. The first-order valence-electron chi connectivity index (χ1n) is 48.8. The topological polar surface area (TPSA) is 35.5 Å². The predicted molar refractivity (Wildman–Crippen MR) is 541 cm³/mol. The van der Waals surface area contributed by atoms with Gasteiger partial charge in [-0.1, -0.05) is 384 Å². The molecule has 0 saturated heterocycles. The van der Waals surface area contributed by atoms with Crippen LogP contribution in [-0.4, -0.2) is 9.97 Å². The van der Waals surface area contributed by atoms with Gasteiger partial charge in [0.05, 0.1) is 22.4 Å². The van der Waals surface area contributed by atoms with Gasteiger partial charge in [0.2, 0.25) is 0 Å². The molecule has 14 aromatic rings. The molecule has 3 aliphatic carbocycles. The van der Waals surface area contributed by atoms with E-state index in [0.717, 1.165) is 138 Å². The fourth-order valence-electron chi connectivity index (χ4n) is 21.9. The Kier molecular flexibility index (Phi) is 28.0. The molecule has 3 aliphatic rings. The lowest BCUT2D eigenvalue weighted by molar-refractivity contribution is 0.401. The number of aromatic nitrogens is 2. The SMILES string of the molecule is CCCCCCC1(CCCCCC)c2cc(-c3nc4cc5c(cc4nc3-c3ccc4c(c3)C(CCCCCC)(CCCCCC)c3cc(N(c6ccccc6)c6ccccc6)ccc3-4)C(CCCCCC)(CCCCCC)c3cc(/C=C/c4ccc(N(c6ccccc6)c6ccccc6)cc4)ccc3-5)ccc2-c2ccc(N(c3ccccc3)c3ccccc3)cc21. The maximum absolute atomic E-state index is 6.39. The maximum atomic E-state index is 6.39. The van der Waals surface area contributed by atoms with Crippen LogP contribution in [-0.2, 0) is 16.2 Å². The Morgan fingerprint density at radius 3 is 0.786 bits per heavy atom. The van der Waals surface area contributed by atoms with E-state index in [4.69, 9.17) is 9.97 Å². The number of nitrogens with zero attached hydrogens (tertiary/aromatic N) is 5. The van der Waals surface area contributed by atoms with Gasteiger partial charge in [0.25, 0.3) is 0 Å². The minimum Gasteiger partial charge on any atom is -0.311 e. The van der Waals surface area contributed by atoms with Gasteiger partial charge in [-0.3, -0.25) is 0 Å².